The van der Waals surface area contributed by atoms with Crippen LogP contribution in [0.25, 0.3) is 10.9 Å². The highest BCUT2D eigenvalue weighted by atomic mass is 16.7. The average molecular weight is 350 g/mol. The average Bonchev–Trinajstić information content (AvgIpc) is 3.09. The SMILES string of the molecule is Cc1cc2cc(CNC(=O)c3ccc4c(c3)OCO4)c(=O)[nH]c2cc1C. The minimum Gasteiger partial charge on any atom is -0.454 e. The van der Waals surface area contributed by atoms with Crippen molar-refractivity contribution in [1.29, 1.82) is 0 Å². The lowest BCUT2D eigenvalue weighted by Crippen LogP contribution is -2.26. The Hall–Kier alpha value is -3.28. The summed E-state index contributed by atoms with van der Waals surface area (Å²) in [6, 6.07) is 10.8. The third kappa shape index (κ3) is 2.90. The number of carbonyl (C=O) groups is 1. The summed E-state index contributed by atoms with van der Waals surface area (Å²) in [5.41, 5.74) is 3.83. The standard InChI is InChI=1S/C20H18N2O4/c1-11-5-14-7-15(20(24)22-16(14)6-12(11)2)9-21-19(23)13-3-4-17-18(8-13)26-10-25-17/h3-8H,9-10H2,1-2H3,(H,21,23)(H,22,24). The second kappa shape index (κ2) is 6.22. The lowest BCUT2D eigenvalue weighted by atomic mass is 10.0. The Morgan fingerprint density at radius 2 is 1.85 bits per heavy atom. The smallest absolute Gasteiger partial charge is 0.253 e. The molecule has 0 spiro atoms. The molecule has 0 aliphatic carbocycles. The van der Waals surface area contributed by atoms with Crippen LogP contribution in [0.2, 0.25) is 0 Å². The van der Waals surface area contributed by atoms with Crippen LogP contribution in [-0.4, -0.2) is 17.7 Å². The number of nitrogens with one attached hydrogen (secondary N) is 2. The van der Waals surface area contributed by atoms with Gasteiger partial charge in [-0.05, 0) is 66.8 Å². The van der Waals surface area contributed by atoms with Gasteiger partial charge in [-0.1, -0.05) is 0 Å². The van der Waals surface area contributed by atoms with E-state index in [1.165, 1.54) is 0 Å². The zero-order chi connectivity index (χ0) is 18.3. The van der Waals surface area contributed by atoms with Crippen molar-refractivity contribution < 1.29 is 14.3 Å². The van der Waals surface area contributed by atoms with E-state index in [1.54, 1.807) is 18.2 Å². The zero-order valence-corrected chi connectivity index (χ0v) is 14.5. The fourth-order valence-corrected chi connectivity index (χ4v) is 2.97. The molecule has 2 heterocycles. The van der Waals surface area contributed by atoms with Crippen molar-refractivity contribution in [2.24, 2.45) is 0 Å². The van der Waals surface area contributed by atoms with Gasteiger partial charge in [-0.25, -0.2) is 0 Å². The van der Waals surface area contributed by atoms with E-state index in [2.05, 4.69) is 10.3 Å². The van der Waals surface area contributed by atoms with E-state index in [-0.39, 0.29) is 24.8 Å². The predicted octanol–water partition coefficient (Wildman–Crippen LogP) is 2.80. The number of fused-ring (bicyclic) bond motifs is 2. The molecule has 26 heavy (non-hydrogen) atoms. The van der Waals surface area contributed by atoms with Gasteiger partial charge in [0.2, 0.25) is 6.79 Å². The number of aromatic amines is 1. The molecule has 132 valence electrons. The minimum atomic E-state index is -0.275. The normalized spacial score (nSPS) is 12.4. The van der Waals surface area contributed by atoms with E-state index < -0.39 is 0 Å². The van der Waals surface area contributed by atoms with E-state index in [4.69, 9.17) is 9.47 Å². The highest BCUT2D eigenvalue weighted by Crippen LogP contribution is 2.32. The third-order valence-electron chi connectivity index (χ3n) is 4.61. The van der Waals surface area contributed by atoms with Gasteiger partial charge in [-0.3, -0.25) is 9.59 Å². The highest BCUT2D eigenvalue weighted by molar-refractivity contribution is 5.95. The lowest BCUT2D eigenvalue weighted by molar-refractivity contribution is 0.0950. The molecule has 0 radical (unpaired) electrons. The van der Waals surface area contributed by atoms with Gasteiger partial charge < -0.3 is 19.8 Å². The molecule has 0 fully saturated rings. The Kier molecular flexibility index (Phi) is 3.88. The molecule has 4 rings (SSSR count). The van der Waals surface area contributed by atoms with E-state index in [0.29, 0.717) is 22.6 Å². The van der Waals surface area contributed by atoms with Crippen LogP contribution in [-0.2, 0) is 6.54 Å². The summed E-state index contributed by atoms with van der Waals surface area (Å²) in [5.74, 6) is 0.896. The highest BCUT2D eigenvalue weighted by Gasteiger charge is 2.16. The van der Waals surface area contributed by atoms with Gasteiger partial charge in [0.25, 0.3) is 11.5 Å². The fourth-order valence-electron chi connectivity index (χ4n) is 2.97. The quantitative estimate of drug-likeness (QED) is 0.761. The summed E-state index contributed by atoms with van der Waals surface area (Å²) < 4.78 is 10.5. The number of aromatic nitrogens is 1. The second-order valence-electron chi connectivity index (χ2n) is 6.40. The van der Waals surface area contributed by atoms with Gasteiger partial charge in [0.1, 0.15) is 0 Å². The van der Waals surface area contributed by atoms with Crippen LogP contribution < -0.4 is 20.3 Å². The molecule has 2 aromatic carbocycles. The summed E-state index contributed by atoms with van der Waals surface area (Å²) >= 11 is 0. The van der Waals surface area contributed by atoms with Crippen LogP contribution in [0.1, 0.15) is 27.0 Å². The van der Waals surface area contributed by atoms with Crippen molar-refractivity contribution in [2.45, 2.75) is 20.4 Å². The maximum atomic E-state index is 12.4. The Morgan fingerprint density at radius 1 is 1.08 bits per heavy atom. The molecule has 6 nitrogen and oxygen atoms in total. The van der Waals surface area contributed by atoms with Crippen LogP contribution >= 0.6 is 0 Å². The molecule has 0 saturated heterocycles. The first kappa shape index (κ1) is 16.2. The number of benzene rings is 2. The van der Waals surface area contributed by atoms with Gasteiger partial charge >= 0.3 is 0 Å². The van der Waals surface area contributed by atoms with Crippen LogP contribution in [0.4, 0.5) is 0 Å². The molecule has 1 aliphatic heterocycles. The maximum absolute atomic E-state index is 12.4. The number of aryl methyl sites for hydroxylation is 2. The molecule has 3 aromatic rings. The number of hydrogen-bond donors (Lipinski definition) is 2. The van der Waals surface area contributed by atoms with Gasteiger partial charge in [-0.2, -0.15) is 0 Å². The number of amides is 1. The van der Waals surface area contributed by atoms with Crippen molar-refractivity contribution in [3.05, 3.63) is 69.0 Å². The molecule has 0 bridgehead atoms. The molecule has 1 aromatic heterocycles. The summed E-state index contributed by atoms with van der Waals surface area (Å²) in [6.07, 6.45) is 0. The van der Waals surface area contributed by atoms with Crippen molar-refractivity contribution in [3.63, 3.8) is 0 Å². The van der Waals surface area contributed by atoms with E-state index >= 15 is 0 Å². The molecular weight excluding hydrogens is 332 g/mol. The van der Waals surface area contributed by atoms with Crippen LogP contribution in [0.15, 0.2) is 41.2 Å². The summed E-state index contributed by atoms with van der Waals surface area (Å²) in [7, 11) is 0. The molecule has 2 N–H and O–H groups in total. The first-order chi connectivity index (χ1) is 12.5. The minimum absolute atomic E-state index is 0.144. The number of hydrogen-bond acceptors (Lipinski definition) is 4. The zero-order valence-electron chi connectivity index (χ0n) is 14.5. The first-order valence-corrected chi connectivity index (χ1v) is 8.32. The summed E-state index contributed by atoms with van der Waals surface area (Å²) in [4.78, 5) is 27.5. The Morgan fingerprint density at radius 3 is 2.69 bits per heavy atom. The van der Waals surface area contributed by atoms with Gasteiger partial charge in [0, 0.05) is 23.2 Å². The van der Waals surface area contributed by atoms with E-state index in [1.807, 2.05) is 32.0 Å². The van der Waals surface area contributed by atoms with Crippen LogP contribution in [0.3, 0.4) is 0 Å². The topological polar surface area (TPSA) is 80.4 Å². The van der Waals surface area contributed by atoms with Crippen molar-refractivity contribution in [1.82, 2.24) is 10.3 Å². The maximum Gasteiger partial charge on any atom is 0.253 e. The first-order valence-electron chi connectivity index (χ1n) is 8.32. The third-order valence-corrected chi connectivity index (χ3v) is 4.61. The number of pyridine rings is 1. The van der Waals surface area contributed by atoms with E-state index in [0.717, 1.165) is 22.0 Å². The molecular formula is C20H18N2O4. The number of H-pyrrole nitrogens is 1. The molecule has 1 amide bonds. The predicted molar refractivity (Wildman–Crippen MR) is 97.8 cm³/mol. The Labute approximate surface area is 149 Å². The molecule has 6 heteroatoms. The Balaban J connectivity index is 1.55. The molecule has 0 unspecified atom stereocenters. The van der Waals surface area contributed by atoms with Crippen molar-refractivity contribution >= 4 is 16.8 Å². The van der Waals surface area contributed by atoms with Crippen molar-refractivity contribution in [2.75, 3.05) is 6.79 Å². The summed E-state index contributed by atoms with van der Waals surface area (Å²) in [5, 5.41) is 3.73. The van der Waals surface area contributed by atoms with Gasteiger partial charge in [-0.15, -0.1) is 0 Å². The molecule has 1 aliphatic rings. The number of carbonyl (C=O) groups excluding carboxylic acids is 1. The van der Waals surface area contributed by atoms with Crippen LogP contribution in [0, 0.1) is 13.8 Å². The van der Waals surface area contributed by atoms with Crippen molar-refractivity contribution in [3.8, 4) is 11.5 Å². The number of rotatable bonds is 3. The van der Waals surface area contributed by atoms with Crippen LogP contribution in [0.5, 0.6) is 11.5 Å². The summed E-state index contributed by atoms with van der Waals surface area (Å²) in [6.45, 7) is 4.34. The largest absolute Gasteiger partial charge is 0.454 e. The van der Waals surface area contributed by atoms with Gasteiger partial charge in [0.05, 0.1) is 0 Å². The van der Waals surface area contributed by atoms with E-state index in [9.17, 15) is 9.59 Å². The van der Waals surface area contributed by atoms with Gasteiger partial charge in [0.15, 0.2) is 11.5 Å². The molecule has 0 saturated carbocycles. The fraction of sp³-hybridized carbons (Fsp3) is 0.200. The number of ether oxygens (including phenoxy) is 2. The molecule has 0 atom stereocenters. The lowest BCUT2D eigenvalue weighted by Gasteiger charge is -2.08. The monoisotopic (exact) mass is 350 g/mol. The Bertz CT molecular complexity index is 1090. The second-order valence-corrected chi connectivity index (χ2v) is 6.40.